The second-order valence-corrected chi connectivity index (χ2v) is 5.67. The zero-order valence-electron chi connectivity index (χ0n) is 12.1. The van der Waals surface area contributed by atoms with Crippen LogP contribution in [-0.4, -0.2) is 19.6 Å². The van der Waals surface area contributed by atoms with E-state index in [4.69, 9.17) is 5.26 Å². The van der Waals surface area contributed by atoms with Gasteiger partial charge in [0.1, 0.15) is 0 Å². The highest BCUT2D eigenvalue weighted by Gasteiger charge is 2.14. The van der Waals surface area contributed by atoms with Crippen molar-refractivity contribution in [3.05, 3.63) is 28.2 Å². The second kappa shape index (κ2) is 7.52. The van der Waals surface area contributed by atoms with Crippen molar-refractivity contribution in [1.82, 2.24) is 5.32 Å². The number of nitrogens with zero attached hydrogens (tertiary/aromatic N) is 2. The van der Waals surface area contributed by atoms with Gasteiger partial charge in [0.05, 0.1) is 18.2 Å². The van der Waals surface area contributed by atoms with Crippen molar-refractivity contribution >= 4 is 21.6 Å². The Morgan fingerprint density at radius 3 is 2.63 bits per heavy atom. The molecule has 0 bridgehead atoms. The summed E-state index contributed by atoms with van der Waals surface area (Å²) < 4.78 is 1.07. The molecule has 2 atom stereocenters. The maximum atomic E-state index is 8.78. The van der Waals surface area contributed by atoms with E-state index in [1.165, 1.54) is 5.56 Å². The smallest absolute Gasteiger partial charge is 0.0643 e. The maximum Gasteiger partial charge on any atom is 0.0643 e. The quantitative estimate of drug-likeness (QED) is 0.864. The van der Waals surface area contributed by atoms with E-state index in [-0.39, 0.29) is 6.04 Å². The highest BCUT2D eigenvalue weighted by Crippen LogP contribution is 2.30. The van der Waals surface area contributed by atoms with Crippen molar-refractivity contribution in [1.29, 1.82) is 5.26 Å². The highest BCUT2D eigenvalue weighted by molar-refractivity contribution is 9.10. The molecule has 1 aromatic rings. The molecular weight excluding hydrogens is 302 g/mol. The Labute approximate surface area is 124 Å². The van der Waals surface area contributed by atoms with E-state index < -0.39 is 0 Å². The average molecular weight is 324 g/mol. The fourth-order valence-corrected chi connectivity index (χ4v) is 2.69. The monoisotopic (exact) mass is 323 g/mol. The number of halogens is 1. The number of benzene rings is 1. The summed E-state index contributed by atoms with van der Waals surface area (Å²) in [7, 11) is 2.02. The van der Waals surface area contributed by atoms with Crippen LogP contribution in [0, 0.1) is 11.3 Å². The molecule has 1 N–H and O–H groups in total. The first-order chi connectivity index (χ1) is 9.01. The van der Waals surface area contributed by atoms with Gasteiger partial charge in [0.25, 0.3) is 0 Å². The van der Waals surface area contributed by atoms with Gasteiger partial charge in [-0.05, 0) is 54.0 Å². The van der Waals surface area contributed by atoms with Crippen LogP contribution < -0.4 is 10.2 Å². The Morgan fingerprint density at radius 2 is 2.11 bits per heavy atom. The van der Waals surface area contributed by atoms with Gasteiger partial charge in [0.2, 0.25) is 0 Å². The van der Waals surface area contributed by atoms with Crippen LogP contribution >= 0.6 is 15.9 Å². The van der Waals surface area contributed by atoms with Crippen LogP contribution in [0.5, 0.6) is 0 Å². The van der Waals surface area contributed by atoms with Gasteiger partial charge in [-0.25, -0.2) is 0 Å². The predicted octanol–water partition coefficient (Wildman–Crippen LogP) is 3.86. The fraction of sp³-hybridized carbons (Fsp3) is 0.533. The second-order valence-electron chi connectivity index (χ2n) is 4.81. The largest absolute Gasteiger partial charge is 0.370 e. The van der Waals surface area contributed by atoms with Gasteiger partial charge in [-0.15, -0.1) is 0 Å². The Hall–Kier alpha value is -1.05. The summed E-state index contributed by atoms with van der Waals surface area (Å²) in [5, 5.41) is 12.2. The summed E-state index contributed by atoms with van der Waals surface area (Å²) in [4.78, 5) is 2.13. The lowest BCUT2D eigenvalue weighted by atomic mass is 10.1. The molecule has 0 aliphatic heterocycles. The van der Waals surface area contributed by atoms with E-state index in [0.717, 1.165) is 16.7 Å². The van der Waals surface area contributed by atoms with Gasteiger partial charge in [-0.2, -0.15) is 5.26 Å². The Kier molecular flexibility index (Phi) is 6.33. The summed E-state index contributed by atoms with van der Waals surface area (Å²) in [6.45, 7) is 7.29. The lowest BCUT2D eigenvalue weighted by Gasteiger charge is -2.27. The van der Waals surface area contributed by atoms with Crippen LogP contribution in [0.3, 0.4) is 0 Å². The van der Waals surface area contributed by atoms with E-state index in [1.54, 1.807) is 0 Å². The molecule has 0 aliphatic carbocycles. The molecule has 4 heteroatoms. The number of hydrogen-bond acceptors (Lipinski definition) is 3. The average Bonchev–Trinajstić information content (AvgIpc) is 2.38. The molecule has 0 saturated heterocycles. The molecule has 0 spiro atoms. The van der Waals surface area contributed by atoms with Gasteiger partial charge >= 0.3 is 0 Å². The van der Waals surface area contributed by atoms with Crippen LogP contribution in [0.2, 0.25) is 0 Å². The van der Waals surface area contributed by atoms with Crippen molar-refractivity contribution in [2.75, 3.05) is 18.5 Å². The highest BCUT2D eigenvalue weighted by atomic mass is 79.9. The Morgan fingerprint density at radius 1 is 1.42 bits per heavy atom. The minimum absolute atomic E-state index is 0.207. The number of anilines is 1. The van der Waals surface area contributed by atoms with Crippen LogP contribution in [0.1, 0.15) is 38.8 Å². The Balaban J connectivity index is 2.91. The summed E-state index contributed by atoms with van der Waals surface area (Å²) >= 11 is 3.63. The van der Waals surface area contributed by atoms with Crippen molar-refractivity contribution in [3.63, 3.8) is 0 Å². The Bertz CT molecular complexity index is 453. The van der Waals surface area contributed by atoms with Crippen molar-refractivity contribution in [2.24, 2.45) is 0 Å². The molecule has 0 radical (unpaired) electrons. The third kappa shape index (κ3) is 4.22. The summed E-state index contributed by atoms with van der Waals surface area (Å²) in [5.74, 6) is 0. The van der Waals surface area contributed by atoms with Gasteiger partial charge in [0.15, 0.2) is 0 Å². The van der Waals surface area contributed by atoms with Crippen LogP contribution in [-0.2, 0) is 0 Å². The molecule has 3 nitrogen and oxygen atoms in total. The molecule has 2 unspecified atom stereocenters. The van der Waals surface area contributed by atoms with Crippen LogP contribution in [0.4, 0.5) is 5.69 Å². The fourth-order valence-electron chi connectivity index (χ4n) is 2.01. The molecule has 0 amide bonds. The van der Waals surface area contributed by atoms with E-state index in [2.05, 4.69) is 71.2 Å². The molecule has 1 rings (SSSR count). The topological polar surface area (TPSA) is 39.1 Å². The molecule has 0 fully saturated rings. The molecule has 0 heterocycles. The minimum atomic E-state index is 0.207. The molecule has 0 aliphatic rings. The molecule has 0 aromatic heterocycles. The third-order valence-electron chi connectivity index (χ3n) is 3.41. The SMILES string of the molecule is CCNC(C)c1ccc(N(C)C(C)CC#N)c(Br)c1. The zero-order chi connectivity index (χ0) is 14.4. The zero-order valence-corrected chi connectivity index (χ0v) is 13.7. The molecule has 0 saturated carbocycles. The summed E-state index contributed by atoms with van der Waals surface area (Å²) in [6, 6.07) is 9.17. The van der Waals surface area contributed by atoms with Gasteiger partial charge in [-0.1, -0.05) is 13.0 Å². The summed E-state index contributed by atoms with van der Waals surface area (Å²) in [5.41, 5.74) is 2.38. The van der Waals surface area contributed by atoms with Gasteiger partial charge in [0, 0.05) is 23.6 Å². The normalized spacial score (nSPS) is 13.7. The third-order valence-corrected chi connectivity index (χ3v) is 4.05. The standard InChI is InChI=1S/C15H22BrN3/c1-5-18-12(3)13-6-7-15(14(16)10-13)19(4)11(2)8-9-17/h6-7,10-12,18H,5,8H2,1-4H3. The lowest BCUT2D eigenvalue weighted by molar-refractivity contribution is 0.597. The first-order valence-corrected chi connectivity index (χ1v) is 7.43. The van der Waals surface area contributed by atoms with E-state index in [9.17, 15) is 0 Å². The molecule has 104 valence electrons. The number of rotatable bonds is 6. The molecular formula is C15H22BrN3. The van der Waals surface area contributed by atoms with Gasteiger partial charge < -0.3 is 10.2 Å². The van der Waals surface area contributed by atoms with Crippen LogP contribution in [0.25, 0.3) is 0 Å². The predicted molar refractivity (Wildman–Crippen MR) is 84.3 cm³/mol. The van der Waals surface area contributed by atoms with E-state index in [0.29, 0.717) is 12.5 Å². The minimum Gasteiger partial charge on any atom is -0.370 e. The van der Waals surface area contributed by atoms with Crippen LogP contribution in [0.15, 0.2) is 22.7 Å². The van der Waals surface area contributed by atoms with Crippen molar-refractivity contribution < 1.29 is 0 Å². The van der Waals surface area contributed by atoms with Crippen molar-refractivity contribution in [3.8, 4) is 6.07 Å². The molecule has 1 aromatic carbocycles. The number of hydrogen-bond donors (Lipinski definition) is 1. The van der Waals surface area contributed by atoms with Crippen molar-refractivity contribution in [2.45, 2.75) is 39.3 Å². The van der Waals surface area contributed by atoms with Gasteiger partial charge in [-0.3, -0.25) is 0 Å². The van der Waals surface area contributed by atoms with E-state index in [1.807, 2.05) is 7.05 Å². The first kappa shape index (κ1) is 16.0. The molecule has 19 heavy (non-hydrogen) atoms. The number of nitrogens with one attached hydrogen (secondary N) is 1. The lowest BCUT2D eigenvalue weighted by Crippen LogP contribution is -2.28. The maximum absolute atomic E-state index is 8.78. The number of nitriles is 1. The van der Waals surface area contributed by atoms with E-state index >= 15 is 0 Å². The summed E-state index contributed by atoms with van der Waals surface area (Å²) in [6.07, 6.45) is 0.526. The first-order valence-electron chi connectivity index (χ1n) is 6.63.